The number of rotatable bonds is 4. The topological polar surface area (TPSA) is 76.1 Å². The first-order valence-electron chi connectivity index (χ1n) is 7.96. The molecular formula is C21H18N2O2. The Balaban J connectivity index is 2.31. The first kappa shape index (κ1) is 16.5. The second-order valence-electron chi connectivity index (χ2n) is 5.97. The number of carbonyl (C=O) groups excluding carboxylic acids is 1. The Kier molecular flexibility index (Phi) is 4.40. The molecule has 0 saturated heterocycles. The molecule has 2 N–H and O–H groups in total. The van der Waals surface area contributed by atoms with Crippen molar-refractivity contribution in [1.82, 2.24) is 0 Å². The fourth-order valence-electron chi connectivity index (χ4n) is 3.08. The lowest BCUT2D eigenvalue weighted by molar-refractivity contribution is 0.0998. The molecule has 4 nitrogen and oxygen atoms in total. The fourth-order valence-corrected chi connectivity index (χ4v) is 3.08. The summed E-state index contributed by atoms with van der Waals surface area (Å²) in [5.74, 6) is -0.238. The van der Waals surface area contributed by atoms with Crippen LogP contribution in [0.4, 0.5) is 0 Å². The van der Waals surface area contributed by atoms with E-state index in [1.54, 1.807) is 6.07 Å². The second-order valence-corrected chi connectivity index (χ2v) is 5.97. The Labute approximate surface area is 146 Å². The number of nitrogens with two attached hydrogens (primary N) is 1. The lowest BCUT2D eigenvalue weighted by Crippen LogP contribution is -2.14. The molecule has 0 aliphatic carbocycles. The van der Waals surface area contributed by atoms with Crippen molar-refractivity contribution in [3.05, 3.63) is 65.2 Å². The van der Waals surface area contributed by atoms with Gasteiger partial charge in [0.05, 0.1) is 5.56 Å². The molecule has 0 spiro atoms. The lowest BCUT2D eigenvalue weighted by atomic mass is 9.91. The standard InChI is InChI=1S/C21H18N2O2/c1-13-3-6-15(7-4-13)19-14(2)5-8-17-16(19)9-10-18(25-12-11-22)20(17)21(23)24/h3-10H,12H2,1-2H3,(H2,23,24). The van der Waals surface area contributed by atoms with Gasteiger partial charge < -0.3 is 10.5 Å². The van der Waals surface area contributed by atoms with Crippen molar-refractivity contribution >= 4 is 16.7 Å². The Bertz CT molecular complexity index is 999. The summed E-state index contributed by atoms with van der Waals surface area (Å²) in [6, 6.07) is 17.6. The number of amides is 1. The largest absolute Gasteiger partial charge is 0.478 e. The SMILES string of the molecule is Cc1ccc(-c2c(C)ccc3c(C(N)=O)c(OCC#N)ccc23)cc1. The predicted octanol–water partition coefficient (Wildman–Crippen LogP) is 4.12. The minimum Gasteiger partial charge on any atom is -0.478 e. The summed E-state index contributed by atoms with van der Waals surface area (Å²) >= 11 is 0. The summed E-state index contributed by atoms with van der Waals surface area (Å²) < 4.78 is 5.39. The number of ether oxygens (including phenoxy) is 1. The van der Waals surface area contributed by atoms with Crippen molar-refractivity contribution in [2.24, 2.45) is 5.73 Å². The maximum atomic E-state index is 12.0. The number of nitriles is 1. The minimum absolute atomic E-state index is 0.136. The normalized spacial score (nSPS) is 10.4. The van der Waals surface area contributed by atoms with Crippen LogP contribution in [0.15, 0.2) is 48.5 Å². The number of fused-ring (bicyclic) bond motifs is 1. The summed E-state index contributed by atoms with van der Waals surface area (Å²) in [4.78, 5) is 12.0. The van der Waals surface area contributed by atoms with E-state index in [1.165, 1.54) is 5.56 Å². The van der Waals surface area contributed by atoms with E-state index in [1.807, 2.05) is 38.1 Å². The molecule has 3 aromatic rings. The summed E-state index contributed by atoms with van der Waals surface area (Å²) in [6.45, 7) is 3.95. The highest BCUT2D eigenvalue weighted by molar-refractivity contribution is 6.12. The van der Waals surface area contributed by atoms with E-state index in [-0.39, 0.29) is 6.61 Å². The molecule has 4 heteroatoms. The van der Waals surface area contributed by atoms with E-state index in [2.05, 4.69) is 24.3 Å². The Morgan fingerprint density at radius 3 is 2.36 bits per heavy atom. The van der Waals surface area contributed by atoms with Crippen LogP contribution >= 0.6 is 0 Å². The molecule has 0 fully saturated rings. The van der Waals surface area contributed by atoms with E-state index < -0.39 is 5.91 Å². The Morgan fingerprint density at radius 2 is 1.72 bits per heavy atom. The van der Waals surface area contributed by atoms with Gasteiger partial charge in [-0.3, -0.25) is 4.79 Å². The maximum absolute atomic E-state index is 12.0. The zero-order valence-corrected chi connectivity index (χ0v) is 14.2. The van der Waals surface area contributed by atoms with Gasteiger partial charge in [-0.25, -0.2) is 0 Å². The molecule has 1 amide bonds. The van der Waals surface area contributed by atoms with Gasteiger partial charge in [0.25, 0.3) is 5.91 Å². The second kappa shape index (κ2) is 6.66. The molecule has 0 saturated carbocycles. The summed E-state index contributed by atoms with van der Waals surface area (Å²) in [5.41, 5.74) is 10.3. The quantitative estimate of drug-likeness (QED) is 0.781. The van der Waals surface area contributed by atoms with Crippen LogP contribution in [0, 0.1) is 25.2 Å². The lowest BCUT2D eigenvalue weighted by Gasteiger charge is -2.15. The predicted molar refractivity (Wildman–Crippen MR) is 98.5 cm³/mol. The maximum Gasteiger partial charge on any atom is 0.253 e. The monoisotopic (exact) mass is 330 g/mol. The first-order chi connectivity index (χ1) is 12.0. The zero-order chi connectivity index (χ0) is 18.0. The van der Waals surface area contributed by atoms with Gasteiger partial charge >= 0.3 is 0 Å². The molecule has 3 aromatic carbocycles. The van der Waals surface area contributed by atoms with Gasteiger partial charge in [0.1, 0.15) is 11.8 Å². The number of primary amides is 1. The highest BCUT2D eigenvalue weighted by atomic mass is 16.5. The molecule has 25 heavy (non-hydrogen) atoms. The van der Waals surface area contributed by atoms with Crippen LogP contribution in [0.3, 0.4) is 0 Å². The van der Waals surface area contributed by atoms with Gasteiger partial charge in [-0.05, 0) is 47.4 Å². The molecule has 0 radical (unpaired) electrons. The number of aryl methyl sites for hydroxylation is 2. The van der Waals surface area contributed by atoms with Crippen LogP contribution in [0.2, 0.25) is 0 Å². The molecule has 0 unspecified atom stereocenters. The van der Waals surface area contributed by atoms with Crippen molar-refractivity contribution < 1.29 is 9.53 Å². The Hall–Kier alpha value is -3.32. The van der Waals surface area contributed by atoms with E-state index in [0.29, 0.717) is 11.3 Å². The van der Waals surface area contributed by atoms with Gasteiger partial charge in [-0.15, -0.1) is 0 Å². The minimum atomic E-state index is -0.572. The summed E-state index contributed by atoms with van der Waals surface area (Å²) in [7, 11) is 0. The zero-order valence-electron chi connectivity index (χ0n) is 14.2. The van der Waals surface area contributed by atoms with E-state index in [0.717, 1.165) is 27.5 Å². The van der Waals surface area contributed by atoms with Crippen LogP contribution in [0.1, 0.15) is 21.5 Å². The molecule has 0 atom stereocenters. The number of benzene rings is 3. The third-order valence-electron chi connectivity index (χ3n) is 4.25. The smallest absolute Gasteiger partial charge is 0.253 e. The number of hydrogen-bond acceptors (Lipinski definition) is 3. The van der Waals surface area contributed by atoms with E-state index >= 15 is 0 Å². The van der Waals surface area contributed by atoms with E-state index in [9.17, 15) is 4.79 Å². The van der Waals surface area contributed by atoms with Crippen LogP contribution in [-0.4, -0.2) is 12.5 Å². The third kappa shape index (κ3) is 3.05. The third-order valence-corrected chi connectivity index (χ3v) is 4.25. The van der Waals surface area contributed by atoms with Gasteiger partial charge in [0, 0.05) is 0 Å². The van der Waals surface area contributed by atoms with Crippen LogP contribution < -0.4 is 10.5 Å². The van der Waals surface area contributed by atoms with Gasteiger partial charge in [0.2, 0.25) is 0 Å². The first-order valence-corrected chi connectivity index (χ1v) is 7.96. The highest BCUT2D eigenvalue weighted by Gasteiger charge is 2.17. The van der Waals surface area contributed by atoms with Gasteiger partial charge in [-0.1, -0.05) is 48.0 Å². The molecule has 0 bridgehead atoms. The van der Waals surface area contributed by atoms with Crippen molar-refractivity contribution in [2.75, 3.05) is 6.61 Å². The number of nitrogens with zero attached hydrogens (tertiary/aromatic N) is 1. The summed E-state index contributed by atoms with van der Waals surface area (Å²) in [5, 5.41) is 10.4. The molecule has 0 aliphatic rings. The van der Waals surface area contributed by atoms with Gasteiger partial charge in [0.15, 0.2) is 6.61 Å². The molecule has 0 aromatic heterocycles. The number of carbonyl (C=O) groups is 1. The Morgan fingerprint density at radius 1 is 1.04 bits per heavy atom. The molecule has 124 valence electrons. The molecule has 3 rings (SSSR count). The molecular weight excluding hydrogens is 312 g/mol. The molecule has 0 aliphatic heterocycles. The average Bonchev–Trinajstić information content (AvgIpc) is 2.60. The fraction of sp³-hybridized carbons (Fsp3) is 0.143. The van der Waals surface area contributed by atoms with Crippen LogP contribution in [-0.2, 0) is 0 Å². The van der Waals surface area contributed by atoms with E-state index in [4.69, 9.17) is 15.7 Å². The van der Waals surface area contributed by atoms with Crippen LogP contribution in [0.5, 0.6) is 5.75 Å². The molecule has 0 heterocycles. The summed E-state index contributed by atoms with van der Waals surface area (Å²) in [6.07, 6.45) is 0. The number of hydrogen-bond donors (Lipinski definition) is 1. The van der Waals surface area contributed by atoms with Crippen molar-refractivity contribution in [1.29, 1.82) is 5.26 Å². The van der Waals surface area contributed by atoms with Crippen molar-refractivity contribution in [2.45, 2.75) is 13.8 Å². The van der Waals surface area contributed by atoms with Gasteiger partial charge in [-0.2, -0.15) is 5.26 Å². The van der Waals surface area contributed by atoms with Crippen molar-refractivity contribution in [3.8, 4) is 22.9 Å². The average molecular weight is 330 g/mol. The highest BCUT2D eigenvalue weighted by Crippen LogP contribution is 2.36. The van der Waals surface area contributed by atoms with Crippen LogP contribution in [0.25, 0.3) is 21.9 Å². The van der Waals surface area contributed by atoms with Crippen molar-refractivity contribution in [3.63, 3.8) is 0 Å².